The predicted molar refractivity (Wildman–Crippen MR) is 70.9 cm³/mol. The number of nitrogens with zero attached hydrogens (tertiary/aromatic N) is 2. The van der Waals surface area contributed by atoms with Crippen molar-refractivity contribution in [2.24, 2.45) is 0 Å². The highest BCUT2D eigenvalue weighted by molar-refractivity contribution is 9.10. The summed E-state index contributed by atoms with van der Waals surface area (Å²) in [7, 11) is 0. The van der Waals surface area contributed by atoms with E-state index in [1.807, 2.05) is 24.3 Å². The summed E-state index contributed by atoms with van der Waals surface area (Å²) in [5, 5.41) is 3.73. The van der Waals surface area contributed by atoms with Crippen LogP contribution in [0.3, 0.4) is 0 Å². The molecule has 2 rings (SSSR count). The van der Waals surface area contributed by atoms with Crippen LogP contribution in [0.5, 0.6) is 0 Å². The third kappa shape index (κ3) is 3.07. The third-order valence-corrected chi connectivity index (χ3v) is 3.30. The van der Waals surface area contributed by atoms with E-state index in [1.54, 1.807) is 0 Å². The summed E-state index contributed by atoms with van der Waals surface area (Å²) in [5.41, 5.74) is 0.896. The Balaban J connectivity index is 2.20. The van der Waals surface area contributed by atoms with Gasteiger partial charge >= 0.3 is 0 Å². The zero-order valence-corrected chi connectivity index (χ0v) is 11.7. The van der Waals surface area contributed by atoms with Crippen molar-refractivity contribution >= 4 is 27.5 Å². The molecule has 17 heavy (non-hydrogen) atoms. The molecule has 90 valence electrons. The van der Waals surface area contributed by atoms with Gasteiger partial charge in [0.1, 0.15) is 0 Å². The van der Waals surface area contributed by atoms with Crippen LogP contribution in [0, 0.1) is 0 Å². The Bertz CT molecular complexity index is 484. The van der Waals surface area contributed by atoms with E-state index in [9.17, 15) is 0 Å². The van der Waals surface area contributed by atoms with Crippen LogP contribution in [0.15, 0.2) is 33.3 Å². The van der Waals surface area contributed by atoms with Crippen molar-refractivity contribution in [3.05, 3.63) is 34.6 Å². The lowest BCUT2D eigenvalue weighted by molar-refractivity contribution is 0.420. The van der Waals surface area contributed by atoms with Crippen LogP contribution in [0.2, 0.25) is 0 Å². The van der Waals surface area contributed by atoms with Crippen LogP contribution >= 0.6 is 27.5 Å². The Morgan fingerprint density at radius 1 is 1.35 bits per heavy atom. The molecule has 0 N–H and O–H groups in total. The SMILES string of the molecule is CCCC(Cl)c1noc(-c2ccc(Br)cc2)n1. The van der Waals surface area contributed by atoms with Gasteiger partial charge in [0.15, 0.2) is 5.82 Å². The minimum Gasteiger partial charge on any atom is -0.334 e. The largest absolute Gasteiger partial charge is 0.334 e. The summed E-state index contributed by atoms with van der Waals surface area (Å²) >= 11 is 9.52. The second kappa shape index (κ2) is 5.65. The second-order valence-corrected chi connectivity index (χ2v) is 5.16. The van der Waals surface area contributed by atoms with Gasteiger partial charge in [-0.05, 0) is 30.7 Å². The summed E-state index contributed by atoms with van der Waals surface area (Å²) in [6.07, 6.45) is 1.84. The van der Waals surface area contributed by atoms with E-state index >= 15 is 0 Å². The lowest BCUT2D eigenvalue weighted by atomic mass is 10.2. The second-order valence-electron chi connectivity index (χ2n) is 3.72. The van der Waals surface area contributed by atoms with Gasteiger partial charge in [0, 0.05) is 10.0 Å². The minimum absolute atomic E-state index is 0.173. The summed E-state index contributed by atoms with van der Waals surface area (Å²) in [6.45, 7) is 2.07. The molecule has 0 aliphatic rings. The molecular weight excluding hydrogens is 304 g/mol. The number of hydrogen-bond donors (Lipinski definition) is 0. The molecule has 0 bridgehead atoms. The fourth-order valence-corrected chi connectivity index (χ4v) is 2.03. The first-order valence-electron chi connectivity index (χ1n) is 5.44. The van der Waals surface area contributed by atoms with Crippen molar-refractivity contribution in [2.45, 2.75) is 25.1 Å². The highest BCUT2D eigenvalue weighted by Gasteiger charge is 2.15. The van der Waals surface area contributed by atoms with Crippen LogP contribution < -0.4 is 0 Å². The molecule has 0 aliphatic carbocycles. The zero-order chi connectivity index (χ0) is 12.3. The smallest absolute Gasteiger partial charge is 0.257 e. The number of benzene rings is 1. The molecule has 1 atom stereocenters. The van der Waals surface area contributed by atoms with Gasteiger partial charge < -0.3 is 4.52 Å². The lowest BCUT2D eigenvalue weighted by Crippen LogP contribution is -1.92. The van der Waals surface area contributed by atoms with Crippen LogP contribution in [-0.4, -0.2) is 10.1 Å². The van der Waals surface area contributed by atoms with E-state index in [0.29, 0.717) is 11.7 Å². The van der Waals surface area contributed by atoms with Gasteiger partial charge in [0.25, 0.3) is 5.89 Å². The maximum Gasteiger partial charge on any atom is 0.257 e. The van der Waals surface area contributed by atoms with Gasteiger partial charge in [-0.15, -0.1) is 11.6 Å². The van der Waals surface area contributed by atoms with E-state index in [4.69, 9.17) is 16.1 Å². The van der Waals surface area contributed by atoms with Crippen LogP contribution in [-0.2, 0) is 0 Å². The topological polar surface area (TPSA) is 38.9 Å². The van der Waals surface area contributed by atoms with Gasteiger partial charge in [0.2, 0.25) is 0 Å². The highest BCUT2D eigenvalue weighted by atomic mass is 79.9. The first-order valence-corrected chi connectivity index (χ1v) is 6.67. The Labute approximate surface area is 113 Å². The van der Waals surface area contributed by atoms with E-state index in [-0.39, 0.29) is 5.38 Å². The number of alkyl halides is 1. The van der Waals surface area contributed by atoms with Crippen molar-refractivity contribution in [1.29, 1.82) is 0 Å². The van der Waals surface area contributed by atoms with Crippen molar-refractivity contribution in [3.63, 3.8) is 0 Å². The van der Waals surface area contributed by atoms with Crippen LogP contribution in [0.25, 0.3) is 11.5 Å². The van der Waals surface area contributed by atoms with Gasteiger partial charge in [-0.3, -0.25) is 0 Å². The molecule has 0 saturated carbocycles. The molecule has 0 fully saturated rings. The van der Waals surface area contributed by atoms with Crippen molar-refractivity contribution in [2.75, 3.05) is 0 Å². The lowest BCUT2D eigenvalue weighted by Gasteiger charge is -1.99. The van der Waals surface area contributed by atoms with Gasteiger partial charge in [-0.25, -0.2) is 0 Å². The Kier molecular flexibility index (Phi) is 4.18. The number of hydrogen-bond acceptors (Lipinski definition) is 3. The Morgan fingerprint density at radius 2 is 2.06 bits per heavy atom. The summed E-state index contributed by atoms with van der Waals surface area (Å²) in [6, 6.07) is 7.71. The standard InChI is InChI=1S/C12H12BrClN2O/c1-2-3-10(14)11-15-12(17-16-11)8-4-6-9(13)7-5-8/h4-7,10H,2-3H2,1H3. The van der Waals surface area contributed by atoms with Crippen molar-refractivity contribution in [1.82, 2.24) is 10.1 Å². The van der Waals surface area contributed by atoms with Crippen LogP contribution in [0.1, 0.15) is 31.0 Å². The molecule has 3 nitrogen and oxygen atoms in total. The van der Waals surface area contributed by atoms with E-state index in [2.05, 4.69) is 33.0 Å². The molecule has 1 unspecified atom stereocenters. The van der Waals surface area contributed by atoms with E-state index in [1.165, 1.54) is 0 Å². The number of halogens is 2. The van der Waals surface area contributed by atoms with E-state index in [0.717, 1.165) is 22.9 Å². The average Bonchev–Trinajstić information content (AvgIpc) is 2.80. The number of rotatable bonds is 4. The monoisotopic (exact) mass is 314 g/mol. The molecule has 5 heteroatoms. The van der Waals surface area contributed by atoms with Crippen molar-refractivity contribution in [3.8, 4) is 11.5 Å². The van der Waals surface area contributed by atoms with Crippen LogP contribution in [0.4, 0.5) is 0 Å². The maximum atomic E-state index is 6.14. The maximum absolute atomic E-state index is 6.14. The number of aromatic nitrogens is 2. The molecular formula is C12H12BrClN2O. The van der Waals surface area contributed by atoms with Gasteiger partial charge in [0.05, 0.1) is 5.38 Å². The molecule has 0 amide bonds. The van der Waals surface area contributed by atoms with E-state index < -0.39 is 0 Å². The first kappa shape index (κ1) is 12.6. The quantitative estimate of drug-likeness (QED) is 0.775. The fourth-order valence-electron chi connectivity index (χ4n) is 1.45. The first-order chi connectivity index (χ1) is 8.20. The predicted octanol–water partition coefficient (Wildman–Crippen LogP) is 4.58. The zero-order valence-electron chi connectivity index (χ0n) is 9.36. The normalized spacial score (nSPS) is 12.6. The van der Waals surface area contributed by atoms with Gasteiger partial charge in [-0.2, -0.15) is 4.98 Å². The fraction of sp³-hybridized carbons (Fsp3) is 0.333. The molecule has 1 aromatic carbocycles. The molecule has 0 spiro atoms. The summed E-state index contributed by atoms with van der Waals surface area (Å²) in [5.74, 6) is 1.07. The average molecular weight is 316 g/mol. The Hall–Kier alpha value is -0.870. The molecule has 2 aromatic rings. The third-order valence-electron chi connectivity index (χ3n) is 2.36. The Morgan fingerprint density at radius 3 is 2.71 bits per heavy atom. The van der Waals surface area contributed by atoms with Gasteiger partial charge in [-0.1, -0.05) is 34.4 Å². The molecule has 1 aromatic heterocycles. The summed E-state index contributed by atoms with van der Waals surface area (Å²) in [4.78, 5) is 4.30. The highest BCUT2D eigenvalue weighted by Crippen LogP contribution is 2.26. The summed E-state index contributed by atoms with van der Waals surface area (Å²) < 4.78 is 6.21. The minimum atomic E-state index is -0.173. The van der Waals surface area contributed by atoms with Crippen molar-refractivity contribution < 1.29 is 4.52 Å². The molecule has 1 heterocycles. The molecule has 0 radical (unpaired) electrons. The molecule has 0 aliphatic heterocycles. The molecule has 0 saturated heterocycles.